The van der Waals surface area contributed by atoms with Gasteiger partial charge in [-0.1, -0.05) is 11.6 Å². The zero-order chi connectivity index (χ0) is 13.5. The number of rotatable bonds is 3. The normalized spacial score (nSPS) is 18.5. The summed E-state index contributed by atoms with van der Waals surface area (Å²) in [5, 5.41) is 9.87. The van der Waals surface area contributed by atoms with E-state index < -0.39 is 5.41 Å². The van der Waals surface area contributed by atoms with Gasteiger partial charge in [0.15, 0.2) is 0 Å². The minimum atomic E-state index is -0.408. The first-order chi connectivity index (χ1) is 8.41. The summed E-state index contributed by atoms with van der Waals surface area (Å²) in [6.45, 7) is 1.69. The number of halogens is 2. The molecule has 0 heterocycles. The van der Waals surface area contributed by atoms with Gasteiger partial charge in [0.05, 0.1) is 17.5 Å². The lowest BCUT2D eigenvalue weighted by Gasteiger charge is -2.29. The van der Waals surface area contributed by atoms with Gasteiger partial charge in [0.2, 0.25) is 0 Å². The Morgan fingerprint density at radius 3 is 2.50 bits per heavy atom. The van der Waals surface area contributed by atoms with Gasteiger partial charge in [-0.05, 0) is 57.1 Å². The van der Waals surface area contributed by atoms with Gasteiger partial charge in [-0.15, -0.1) is 0 Å². The Morgan fingerprint density at radius 2 is 2.06 bits per heavy atom. The lowest BCUT2D eigenvalue weighted by molar-refractivity contribution is 0.231. The molecule has 0 aromatic heterocycles. The summed E-state index contributed by atoms with van der Waals surface area (Å²) in [6, 6.07) is 5.33. The SMILES string of the molecule is Cc1cc(Cl)c(C(N(C)C)C2(C#N)CC2)cc1F. The van der Waals surface area contributed by atoms with E-state index in [0.29, 0.717) is 16.1 Å². The number of nitriles is 1. The summed E-state index contributed by atoms with van der Waals surface area (Å²) >= 11 is 6.23. The van der Waals surface area contributed by atoms with Crippen molar-refractivity contribution in [3.8, 4) is 6.07 Å². The van der Waals surface area contributed by atoms with Crippen molar-refractivity contribution in [1.82, 2.24) is 4.90 Å². The molecule has 1 aromatic rings. The molecule has 1 atom stereocenters. The third-order valence-corrected chi connectivity index (χ3v) is 3.95. The van der Waals surface area contributed by atoms with Crippen molar-refractivity contribution in [2.45, 2.75) is 25.8 Å². The van der Waals surface area contributed by atoms with E-state index in [1.807, 2.05) is 19.0 Å². The monoisotopic (exact) mass is 266 g/mol. The summed E-state index contributed by atoms with van der Waals surface area (Å²) in [5.41, 5.74) is 0.835. The summed E-state index contributed by atoms with van der Waals surface area (Å²) in [4.78, 5) is 1.95. The minimum absolute atomic E-state index is 0.148. The van der Waals surface area contributed by atoms with Crippen molar-refractivity contribution in [3.63, 3.8) is 0 Å². The van der Waals surface area contributed by atoms with Crippen molar-refractivity contribution in [3.05, 3.63) is 34.1 Å². The van der Waals surface area contributed by atoms with E-state index >= 15 is 0 Å². The Morgan fingerprint density at radius 1 is 1.44 bits per heavy atom. The Labute approximate surface area is 112 Å². The molecule has 0 bridgehead atoms. The summed E-state index contributed by atoms with van der Waals surface area (Å²) in [7, 11) is 3.80. The van der Waals surface area contributed by atoms with Crippen LogP contribution in [0.2, 0.25) is 5.02 Å². The standard InChI is InChI=1S/C14H16ClFN2/c1-9-6-11(15)10(7-12(9)16)13(18(2)3)14(8-17)4-5-14/h6-7,13H,4-5H2,1-3H3. The number of benzene rings is 1. The zero-order valence-corrected chi connectivity index (χ0v) is 11.6. The van der Waals surface area contributed by atoms with Crippen LogP contribution in [0.15, 0.2) is 12.1 Å². The summed E-state index contributed by atoms with van der Waals surface area (Å²) < 4.78 is 13.7. The van der Waals surface area contributed by atoms with Crippen molar-refractivity contribution < 1.29 is 4.39 Å². The topological polar surface area (TPSA) is 27.0 Å². The van der Waals surface area contributed by atoms with Gasteiger partial charge in [-0.3, -0.25) is 0 Å². The van der Waals surface area contributed by atoms with Crippen molar-refractivity contribution >= 4 is 11.6 Å². The third-order valence-electron chi connectivity index (χ3n) is 3.62. The van der Waals surface area contributed by atoms with Crippen LogP contribution in [0.5, 0.6) is 0 Å². The second kappa shape index (κ2) is 4.53. The fraction of sp³-hybridized carbons (Fsp3) is 0.500. The van der Waals surface area contributed by atoms with E-state index in [4.69, 9.17) is 11.6 Å². The molecule has 96 valence electrons. The lowest BCUT2D eigenvalue weighted by atomic mass is 9.89. The first-order valence-electron chi connectivity index (χ1n) is 5.94. The van der Waals surface area contributed by atoms with E-state index in [0.717, 1.165) is 12.8 Å². The molecule has 0 saturated heterocycles. The average Bonchev–Trinajstić information content (AvgIpc) is 3.06. The van der Waals surface area contributed by atoms with Crippen LogP contribution in [0.4, 0.5) is 4.39 Å². The highest BCUT2D eigenvalue weighted by atomic mass is 35.5. The molecule has 1 aliphatic carbocycles. The molecule has 0 N–H and O–H groups in total. The van der Waals surface area contributed by atoms with Crippen LogP contribution >= 0.6 is 11.6 Å². The second-order valence-corrected chi connectivity index (χ2v) is 5.66. The van der Waals surface area contributed by atoms with Gasteiger partial charge in [0, 0.05) is 5.02 Å². The molecule has 1 fully saturated rings. The molecule has 1 saturated carbocycles. The van der Waals surface area contributed by atoms with Gasteiger partial charge in [0.25, 0.3) is 0 Å². The molecule has 2 nitrogen and oxygen atoms in total. The maximum Gasteiger partial charge on any atom is 0.126 e. The van der Waals surface area contributed by atoms with E-state index in [9.17, 15) is 9.65 Å². The van der Waals surface area contributed by atoms with Crippen LogP contribution in [-0.2, 0) is 0 Å². The van der Waals surface area contributed by atoms with Gasteiger partial charge in [0.1, 0.15) is 5.82 Å². The molecule has 0 amide bonds. The van der Waals surface area contributed by atoms with Crippen LogP contribution in [0.1, 0.15) is 30.0 Å². The van der Waals surface area contributed by atoms with Crippen molar-refractivity contribution in [1.29, 1.82) is 5.26 Å². The second-order valence-electron chi connectivity index (χ2n) is 5.26. The molecular formula is C14H16ClFN2. The Hall–Kier alpha value is -1.11. The van der Waals surface area contributed by atoms with E-state index in [1.165, 1.54) is 6.07 Å². The fourth-order valence-electron chi connectivity index (χ4n) is 2.52. The summed E-state index contributed by atoms with van der Waals surface area (Å²) in [6.07, 6.45) is 1.69. The van der Waals surface area contributed by atoms with Crippen LogP contribution < -0.4 is 0 Å². The maximum atomic E-state index is 13.7. The molecule has 0 aliphatic heterocycles. The first kappa shape index (κ1) is 13.3. The lowest BCUT2D eigenvalue weighted by Crippen LogP contribution is -2.28. The average molecular weight is 267 g/mol. The van der Waals surface area contributed by atoms with Crippen LogP contribution in [0.3, 0.4) is 0 Å². The Balaban J connectivity index is 2.51. The number of nitrogens with zero attached hydrogens (tertiary/aromatic N) is 2. The minimum Gasteiger partial charge on any atom is -0.301 e. The quantitative estimate of drug-likeness (QED) is 0.834. The largest absolute Gasteiger partial charge is 0.301 e. The first-order valence-corrected chi connectivity index (χ1v) is 6.32. The fourth-order valence-corrected chi connectivity index (χ4v) is 2.84. The molecule has 1 aliphatic rings. The Bertz CT molecular complexity index is 515. The molecule has 0 spiro atoms. The zero-order valence-electron chi connectivity index (χ0n) is 10.8. The summed E-state index contributed by atoms with van der Waals surface area (Å²) in [5.74, 6) is -0.269. The van der Waals surface area contributed by atoms with Gasteiger partial charge in [-0.2, -0.15) is 5.26 Å². The van der Waals surface area contributed by atoms with Crippen molar-refractivity contribution in [2.24, 2.45) is 5.41 Å². The van der Waals surface area contributed by atoms with Crippen molar-refractivity contribution in [2.75, 3.05) is 14.1 Å². The molecular weight excluding hydrogens is 251 g/mol. The molecule has 0 radical (unpaired) electrons. The predicted molar refractivity (Wildman–Crippen MR) is 69.9 cm³/mol. The van der Waals surface area contributed by atoms with E-state index in [-0.39, 0.29) is 11.9 Å². The van der Waals surface area contributed by atoms with Crippen LogP contribution in [-0.4, -0.2) is 19.0 Å². The molecule has 4 heteroatoms. The highest BCUT2D eigenvalue weighted by molar-refractivity contribution is 6.31. The molecule has 2 rings (SSSR count). The smallest absolute Gasteiger partial charge is 0.126 e. The highest BCUT2D eigenvalue weighted by Gasteiger charge is 2.52. The van der Waals surface area contributed by atoms with Gasteiger partial charge in [-0.25, -0.2) is 4.39 Å². The Kier molecular flexibility index (Phi) is 3.35. The van der Waals surface area contributed by atoms with Crippen LogP contribution in [0.25, 0.3) is 0 Å². The maximum absolute atomic E-state index is 13.7. The number of aryl methyl sites for hydroxylation is 1. The number of hydrogen-bond donors (Lipinski definition) is 0. The third kappa shape index (κ3) is 2.11. The van der Waals surface area contributed by atoms with Gasteiger partial charge < -0.3 is 4.90 Å². The predicted octanol–water partition coefficient (Wildman–Crippen LogP) is 3.69. The number of hydrogen-bond acceptors (Lipinski definition) is 2. The van der Waals surface area contributed by atoms with Crippen LogP contribution in [0, 0.1) is 29.5 Å². The van der Waals surface area contributed by atoms with E-state index in [1.54, 1.807) is 13.0 Å². The molecule has 1 unspecified atom stereocenters. The highest BCUT2D eigenvalue weighted by Crippen LogP contribution is 2.57. The van der Waals surface area contributed by atoms with E-state index in [2.05, 4.69) is 6.07 Å². The molecule has 18 heavy (non-hydrogen) atoms. The molecule has 1 aromatic carbocycles. The van der Waals surface area contributed by atoms with Gasteiger partial charge >= 0.3 is 0 Å².